The van der Waals surface area contributed by atoms with Crippen LogP contribution in [0, 0.1) is 0 Å². The van der Waals surface area contributed by atoms with Gasteiger partial charge in [0.05, 0.1) is 4.90 Å². The highest BCUT2D eigenvalue weighted by atomic mass is 32.2. The molecule has 0 aliphatic rings. The van der Waals surface area contributed by atoms with Crippen LogP contribution in [0.2, 0.25) is 0 Å². The Morgan fingerprint density at radius 2 is 1.60 bits per heavy atom. The third-order valence-electron chi connectivity index (χ3n) is 2.38. The summed E-state index contributed by atoms with van der Waals surface area (Å²) in [6.45, 7) is 3.78. The number of anilines is 1. The molecule has 0 unspecified atom stereocenters. The summed E-state index contributed by atoms with van der Waals surface area (Å²) in [5.41, 5.74) is 7.96. The predicted molar refractivity (Wildman–Crippen MR) is 59.4 cm³/mol. The molecule has 4 nitrogen and oxygen atoms in total. The molecular weight excluding hydrogens is 214 g/mol. The molecule has 1 rings (SSSR count). The van der Waals surface area contributed by atoms with Crippen molar-refractivity contribution in [2.24, 2.45) is 0 Å². The molecule has 0 saturated carbocycles. The van der Waals surface area contributed by atoms with Crippen molar-refractivity contribution in [3.05, 3.63) is 23.3 Å². The van der Waals surface area contributed by atoms with Gasteiger partial charge in [0.25, 0.3) is 10.1 Å². The van der Waals surface area contributed by atoms with E-state index >= 15 is 0 Å². The van der Waals surface area contributed by atoms with Gasteiger partial charge in [0.2, 0.25) is 0 Å². The van der Waals surface area contributed by atoms with Crippen LogP contribution in [0.25, 0.3) is 0 Å². The quantitative estimate of drug-likeness (QED) is 0.610. The van der Waals surface area contributed by atoms with Crippen LogP contribution < -0.4 is 5.73 Å². The fraction of sp³-hybridized carbons (Fsp3) is 0.400. The minimum absolute atomic E-state index is 0.0783. The molecule has 1 aromatic carbocycles. The van der Waals surface area contributed by atoms with Crippen molar-refractivity contribution in [1.82, 2.24) is 0 Å². The number of aryl methyl sites for hydroxylation is 2. The summed E-state index contributed by atoms with van der Waals surface area (Å²) >= 11 is 0. The largest absolute Gasteiger partial charge is 0.398 e. The second-order valence-corrected chi connectivity index (χ2v) is 4.76. The third kappa shape index (κ3) is 2.49. The van der Waals surface area contributed by atoms with Crippen molar-refractivity contribution in [3.63, 3.8) is 0 Å². The van der Waals surface area contributed by atoms with Crippen molar-refractivity contribution >= 4 is 15.8 Å². The Hall–Kier alpha value is -1.07. The van der Waals surface area contributed by atoms with E-state index in [1.807, 2.05) is 13.8 Å². The Balaban J connectivity index is 3.47. The first-order chi connectivity index (χ1) is 6.90. The van der Waals surface area contributed by atoms with E-state index in [4.69, 9.17) is 10.3 Å². The number of rotatable bonds is 3. The molecule has 0 aromatic heterocycles. The molecule has 0 radical (unpaired) electrons. The number of hydrogen-bond donors (Lipinski definition) is 2. The van der Waals surface area contributed by atoms with Gasteiger partial charge in [0.15, 0.2) is 0 Å². The van der Waals surface area contributed by atoms with E-state index in [2.05, 4.69) is 0 Å². The Morgan fingerprint density at radius 1 is 1.20 bits per heavy atom. The summed E-state index contributed by atoms with van der Waals surface area (Å²) < 4.78 is 30.9. The maximum atomic E-state index is 11.0. The summed E-state index contributed by atoms with van der Waals surface area (Å²) in [5, 5.41) is 0. The summed E-state index contributed by atoms with van der Waals surface area (Å²) in [6.07, 6.45) is 1.28. The maximum absolute atomic E-state index is 11.0. The average Bonchev–Trinajstić information content (AvgIpc) is 2.16. The number of hydrogen-bond acceptors (Lipinski definition) is 3. The molecule has 0 fully saturated rings. The molecular formula is C10H15NO3S. The fourth-order valence-corrected chi connectivity index (χ4v) is 2.06. The van der Waals surface area contributed by atoms with Crippen LogP contribution in [0.15, 0.2) is 17.0 Å². The average molecular weight is 229 g/mol. The van der Waals surface area contributed by atoms with Gasteiger partial charge >= 0.3 is 0 Å². The van der Waals surface area contributed by atoms with E-state index < -0.39 is 10.1 Å². The summed E-state index contributed by atoms with van der Waals surface area (Å²) in [4.78, 5) is -0.0783. The summed E-state index contributed by atoms with van der Waals surface area (Å²) in [6, 6.07) is 2.84. The third-order valence-corrected chi connectivity index (χ3v) is 3.22. The van der Waals surface area contributed by atoms with E-state index in [9.17, 15) is 8.42 Å². The van der Waals surface area contributed by atoms with E-state index in [1.165, 1.54) is 12.1 Å². The first-order valence-corrected chi connectivity index (χ1v) is 6.22. The van der Waals surface area contributed by atoms with Gasteiger partial charge in [-0.2, -0.15) is 8.42 Å². The molecule has 84 valence electrons. The number of benzene rings is 1. The van der Waals surface area contributed by atoms with Gasteiger partial charge in [-0.25, -0.2) is 0 Å². The maximum Gasteiger partial charge on any atom is 0.294 e. The molecule has 0 aliphatic heterocycles. The van der Waals surface area contributed by atoms with Crippen LogP contribution in [0.3, 0.4) is 0 Å². The first-order valence-electron chi connectivity index (χ1n) is 4.78. The lowest BCUT2D eigenvalue weighted by atomic mass is 10.0. The summed E-state index contributed by atoms with van der Waals surface area (Å²) in [5.74, 6) is 0. The van der Waals surface area contributed by atoms with Crippen molar-refractivity contribution in [3.8, 4) is 0 Å². The Kier molecular flexibility index (Phi) is 3.36. The molecule has 0 saturated heterocycles. The molecule has 0 bridgehead atoms. The lowest BCUT2D eigenvalue weighted by molar-refractivity contribution is 0.483. The summed E-state index contributed by atoms with van der Waals surface area (Å²) in [7, 11) is -4.14. The minimum Gasteiger partial charge on any atom is -0.398 e. The van der Waals surface area contributed by atoms with Crippen LogP contribution in [0.5, 0.6) is 0 Å². The first kappa shape index (κ1) is 12.0. The zero-order valence-electron chi connectivity index (χ0n) is 8.82. The zero-order chi connectivity index (χ0) is 11.6. The van der Waals surface area contributed by atoms with Gasteiger partial charge in [-0.3, -0.25) is 4.55 Å². The highest BCUT2D eigenvalue weighted by Gasteiger charge is 2.14. The highest BCUT2D eigenvalue weighted by molar-refractivity contribution is 7.85. The predicted octanol–water partition coefficient (Wildman–Crippen LogP) is 1.64. The lowest BCUT2D eigenvalue weighted by Gasteiger charge is -2.10. The molecule has 0 atom stereocenters. The van der Waals surface area contributed by atoms with Crippen molar-refractivity contribution in [2.75, 3.05) is 5.73 Å². The van der Waals surface area contributed by atoms with Gasteiger partial charge in [0, 0.05) is 5.69 Å². The van der Waals surface area contributed by atoms with Crippen LogP contribution in [-0.4, -0.2) is 13.0 Å². The lowest BCUT2D eigenvalue weighted by Crippen LogP contribution is -2.05. The van der Waals surface area contributed by atoms with E-state index in [0.717, 1.165) is 11.1 Å². The minimum atomic E-state index is -4.14. The standard InChI is InChI=1S/C10H15NO3S/c1-3-7-5-9(15(12,13)14)6-8(4-2)10(7)11/h5-6H,3-4,11H2,1-2H3,(H,12,13,14). The Morgan fingerprint density at radius 3 is 1.87 bits per heavy atom. The number of nitrogen functional groups attached to an aromatic ring is 1. The van der Waals surface area contributed by atoms with E-state index in [-0.39, 0.29) is 4.90 Å². The Labute approximate surface area is 89.9 Å². The molecule has 1 aromatic rings. The monoisotopic (exact) mass is 229 g/mol. The zero-order valence-corrected chi connectivity index (χ0v) is 9.63. The smallest absolute Gasteiger partial charge is 0.294 e. The van der Waals surface area contributed by atoms with Crippen LogP contribution in [-0.2, 0) is 23.0 Å². The molecule has 0 aliphatic carbocycles. The normalized spacial score (nSPS) is 11.7. The second kappa shape index (κ2) is 4.20. The van der Waals surface area contributed by atoms with Crippen LogP contribution in [0.1, 0.15) is 25.0 Å². The fourth-order valence-electron chi connectivity index (χ4n) is 1.48. The van der Waals surface area contributed by atoms with Crippen molar-refractivity contribution in [2.45, 2.75) is 31.6 Å². The molecule has 3 N–H and O–H groups in total. The van der Waals surface area contributed by atoms with Crippen LogP contribution >= 0.6 is 0 Å². The Bertz CT molecular complexity index is 441. The van der Waals surface area contributed by atoms with Crippen LogP contribution in [0.4, 0.5) is 5.69 Å². The van der Waals surface area contributed by atoms with Gasteiger partial charge in [-0.1, -0.05) is 13.8 Å². The topological polar surface area (TPSA) is 80.4 Å². The van der Waals surface area contributed by atoms with Crippen molar-refractivity contribution < 1.29 is 13.0 Å². The number of nitrogens with two attached hydrogens (primary N) is 1. The molecule has 0 heterocycles. The van der Waals surface area contributed by atoms with Gasteiger partial charge < -0.3 is 5.73 Å². The highest BCUT2D eigenvalue weighted by Crippen LogP contribution is 2.23. The van der Waals surface area contributed by atoms with E-state index in [1.54, 1.807) is 0 Å². The van der Waals surface area contributed by atoms with E-state index in [0.29, 0.717) is 18.5 Å². The van der Waals surface area contributed by atoms with Gasteiger partial charge in [-0.05, 0) is 36.1 Å². The van der Waals surface area contributed by atoms with Crippen molar-refractivity contribution in [1.29, 1.82) is 0 Å². The van der Waals surface area contributed by atoms with Gasteiger partial charge in [-0.15, -0.1) is 0 Å². The molecule has 5 heteroatoms. The molecule has 0 amide bonds. The SMILES string of the molecule is CCc1cc(S(=O)(=O)O)cc(CC)c1N. The van der Waals surface area contributed by atoms with Gasteiger partial charge in [0.1, 0.15) is 0 Å². The molecule has 0 spiro atoms. The molecule has 15 heavy (non-hydrogen) atoms. The second-order valence-electron chi connectivity index (χ2n) is 3.34.